The van der Waals surface area contributed by atoms with E-state index in [2.05, 4.69) is 4.98 Å². The standard InChI is InChI=1S/C12H13ClFN3/c1-7-16-12(11(6-15)17(7)2)9-5-8(13)3-4-10(9)14/h3-5H,6,15H2,1-2H3. The van der Waals surface area contributed by atoms with Crippen molar-refractivity contribution in [3.63, 3.8) is 0 Å². The van der Waals surface area contributed by atoms with Crippen LogP contribution in [-0.4, -0.2) is 9.55 Å². The van der Waals surface area contributed by atoms with Gasteiger partial charge in [-0.3, -0.25) is 0 Å². The summed E-state index contributed by atoms with van der Waals surface area (Å²) in [4.78, 5) is 4.34. The third-order valence-electron chi connectivity index (χ3n) is 2.81. The van der Waals surface area contributed by atoms with E-state index < -0.39 is 0 Å². The summed E-state index contributed by atoms with van der Waals surface area (Å²) in [5.41, 5.74) is 7.42. The van der Waals surface area contributed by atoms with Crippen molar-refractivity contribution in [2.75, 3.05) is 0 Å². The number of imidazole rings is 1. The van der Waals surface area contributed by atoms with Gasteiger partial charge in [-0.15, -0.1) is 0 Å². The zero-order valence-corrected chi connectivity index (χ0v) is 10.4. The van der Waals surface area contributed by atoms with Gasteiger partial charge in [-0.2, -0.15) is 0 Å². The summed E-state index contributed by atoms with van der Waals surface area (Å²) in [5, 5.41) is 0.479. The van der Waals surface area contributed by atoms with Gasteiger partial charge in [-0.05, 0) is 25.1 Å². The molecule has 17 heavy (non-hydrogen) atoms. The van der Waals surface area contributed by atoms with Crippen LogP contribution in [0.2, 0.25) is 5.02 Å². The Morgan fingerprint density at radius 1 is 1.47 bits per heavy atom. The molecule has 0 aliphatic heterocycles. The molecule has 90 valence electrons. The smallest absolute Gasteiger partial charge is 0.132 e. The van der Waals surface area contributed by atoms with Gasteiger partial charge in [0.15, 0.2) is 0 Å². The van der Waals surface area contributed by atoms with Gasteiger partial charge in [0.25, 0.3) is 0 Å². The minimum atomic E-state index is -0.345. The van der Waals surface area contributed by atoms with Crippen molar-refractivity contribution in [3.05, 3.63) is 40.6 Å². The van der Waals surface area contributed by atoms with Crippen LogP contribution in [-0.2, 0) is 13.6 Å². The summed E-state index contributed by atoms with van der Waals surface area (Å²) in [7, 11) is 1.86. The van der Waals surface area contributed by atoms with Crippen LogP contribution in [0.25, 0.3) is 11.3 Å². The van der Waals surface area contributed by atoms with E-state index >= 15 is 0 Å². The molecular formula is C12H13ClFN3. The molecule has 1 heterocycles. The summed E-state index contributed by atoms with van der Waals surface area (Å²) in [6.45, 7) is 2.16. The third kappa shape index (κ3) is 2.06. The van der Waals surface area contributed by atoms with E-state index in [4.69, 9.17) is 17.3 Å². The van der Waals surface area contributed by atoms with Gasteiger partial charge < -0.3 is 10.3 Å². The number of rotatable bonds is 2. The van der Waals surface area contributed by atoms with Gasteiger partial charge in [0.05, 0.1) is 11.4 Å². The Hall–Kier alpha value is -1.39. The predicted octanol–water partition coefficient (Wildman–Crippen LogP) is 2.65. The molecule has 0 saturated heterocycles. The lowest BCUT2D eigenvalue weighted by Gasteiger charge is -2.05. The van der Waals surface area contributed by atoms with Gasteiger partial charge in [0.2, 0.25) is 0 Å². The fourth-order valence-corrected chi connectivity index (χ4v) is 1.96. The van der Waals surface area contributed by atoms with Crippen molar-refractivity contribution in [2.45, 2.75) is 13.5 Å². The molecule has 1 aromatic heterocycles. The van der Waals surface area contributed by atoms with E-state index in [9.17, 15) is 4.39 Å². The van der Waals surface area contributed by atoms with E-state index in [1.165, 1.54) is 12.1 Å². The van der Waals surface area contributed by atoms with Crippen LogP contribution < -0.4 is 5.73 Å². The highest BCUT2D eigenvalue weighted by Gasteiger charge is 2.16. The maximum Gasteiger partial charge on any atom is 0.132 e. The zero-order chi connectivity index (χ0) is 12.6. The first-order valence-corrected chi connectivity index (χ1v) is 5.60. The number of halogens is 2. The Bertz CT molecular complexity index is 563. The van der Waals surface area contributed by atoms with Crippen LogP contribution in [0.3, 0.4) is 0 Å². The molecule has 3 nitrogen and oxygen atoms in total. The van der Waals surface area contributed by atoms with Crippen LogP contribution in [0.1, 0.15) is 11.5 Å². The van der Waals surface area contributed by atoms with Crippen molar-refractivity contribution in [3.8, 4) is 11.3 Å². The van der Waals surface area contributed by atoms with Gasteiger partial charge in [-0.25, -0.2) is 9.37 Å². The minimum Gasteiger partial charge on any atom is -0.334 e. The van der Waals surface area contributed by atoms with E-state index in [0.717, 1.165) is 11.5 Å². The predicted molar refractivity (Wildman–Crippen MR) is 66.2 cm³/mol. The van der Waals surface area contributed by atoms with Crippen molar-refractivity contribution >= 4 is 11.6 Å². The minimum absolute atomic E-state index is 0.304. The first-order valence-electron chi connectivity index (χ1n) is 5.22. The van der Waals surface area contributed by atoms with Crippen LogP contribution in [0.15, 0.2) is 18.2 Å². The first-order chi connectivity index (χ1) is 8.04. The fraction of sp³-hybridized carbons (Fsp3) is 0.250. The molecule has 0 saturated carbocycles. The van der Waals surface area contributed by atoms with Crippen LogP contribution in [0, 0.1) is 12.7 Å². The highest BCUT2D eigenvalue weighted by Crippen LogP contribution is 2.28. The molecule has 0 aliphatic rings. The molecule has 0 aliphatic carbocycles. The van der Waals surface area contributed by atoms with Gasteiger partial charge >= 0.3 is 0 Å². The molecule has 0 fully saturated rings. The lowest BCUT2D eigenvalue weighted by molar-refractivity contribution is 0.630. The molecule has 2 aromatic rings. The Labute approximate surface area is 104 Å². The number of aromatic nitrogens is 2. The maximum atomic E-state index is 13.8. The molecule has 2 rings (SSSR count). The second-order valence-electron chi connectivity index (χ2n) is 3.84. The number of hydrogen-bond donors (Lipinski definition) is 1. The topological polar surface area (TPSA) is 43.8 Å². The molecule has 0 atom stereocenters. The Morgan fingerprint density at radius 2 is 2.18 bits per heavy atom. The van der Waals surface area contributed by atoms with Crippen LogP contribution >= 0.6 is 11.6 Å². The number of benzene rings is 1. The molecule has 0 unspecified atom stereocenters. The number of hydrogen-bond acceptors (Lipinski definition) is 2. The highest BCUT2D eigenvalue weighted by molar-refractivity contribution is 6.30. The lowest BCUT2D eigenvalue weighted by atomic mass is 10.1. The fourth-order valence-electron chi connectivity index (χ4n) is 1.78. The summed E-state index contributed by atoms with van der Waals surface area (Å²) < 4.78 is 15.6. The van der Waals surface area contributed by atoms with Crippen molar-refractivity contribution in [2.24, 2.45) is 12.8 Å². The van der Waals surface area contributed by atoms with Gasteiger partial charge in [0, 0.05) is 24.2 Å². The van der Waals surface area contributed by atoms with Crippen LogP contribution in [0.5, 0.6) is 0 Å². The monoisotopic (exact) mass is 253 g/mol. The number of nitrogens with zero attached hydrogens (tertiary/aromatic N) is 2. The highest BCUT2D eigenvalue weighted by atomic mass is 35.5. The van der Waals surface area contributed by atoms with Crippen molar-refractivity contribution < 1.29 is 4.39 Å². The average Bonchev–Trinajstić information content (AvgIpc) is 2.58. The Morgan fingerprint density at radius 3 is 2.82 bits per heavy atom. The molecule has 2 N–H and O–H groups in total. The molecule has 0 spiro atoms. The average molecular weight is 254 g/mol. The van der Waals surface area contributed by atoms with Crippen molar-refractivity contribution in [1.82, 2.24) is 9.55 Å². The maximum absolute atomic E-state index is 13.8. The SMILES string of the molecule is Cc1nc(-c2cc(Cl)ccc2F)c(CN)n1C. The van der Waals surface area contributed by atoms with E-state index in [0.29, 0.717) is 22.8 Å². The Balaban J connectivity index is 2.68. The van der Waals surface area contributed by atoms with Crippen LogP contribution in [0.4, 0.5) is 4.39 Å². The normalized spacial score (nSPS) is 10.9. The largest absolute Gasteiger partial charge is 0.334 e. The molecule has 0 amide bonds. The molecule has 1 aromatic carbocycles. The van der Waals surface area contributed by atoms with E-state index in [-0.39, 0.29) is 5.82 Å². The second kappa shape index (κ2) is 4.47. The van der Waals surface area contributed by atoms with E-state index in [1.54, 1.807) is 6.07 Å². The quantitative estimate of drug-likeness (QED) is 0.894. The molecule has 5 heteroatoms. The summed E-state index contributed by atoms with van der Waals surface area (Å²) >= 11 is 5.88. The van der Waals surface area contributed by atoms with Crippen molar-refractivity contribution in [1.29, 1.82) is 0 Å². The first kappa shape index (κ1) is 12.1. The Kier molecular flexibility index (Phi) is 3.17. The third-order valence-corrected chi connectivity index (χ3v) is 3.05. The molecule has 0 radical (unpaired) electrons. The lowest BCUT2D eigenvalue weighted by Crippen LogP contribution is -2.05. The second-order valence-corrected chi connectivity index (χ2v) is 4.28. The summed E-state index contributed by atoms with van der Waals surface area (Å²) in [6, 6.07) is 4.41. The van der Waals surface area contributed by atoms with E-state index in [1.807, 2.05) is 18.5 Å². The summed E-state index contributed by atoms with van der Waals surface area (Å²) in [6.07, 6.45) is 0. The molecule has 0 bridgehead atoms. The molecular weight excluding hydrogens is 241 g/mol. The number of nitrogens with two attached hydrogens (primary N) is 1. The van der Waals surface area contributed by atoms with Gasteiger partial charge in [-0.1, -0.05) is 11.6 Å². The zero-order valence-electron chi connectivity index (χ0n) is 9.67. The summed E-state index contributed by atoms with van der Waals surface area (Å²) in [5.74, 6) is 0.446. The van der Waals surface area contributed by atoms with Gasteiger partial charge in [0.1, 0.15) is 11.6 Å². The number of aryl methyl sites for hydroxylation is 1.